The molecule has 0 saturated carbocycles. The number of benzene rings is 1. The van der Waals surface area contributed by atoms with E-state index in [1.165, 1.54) is 6.42 Å². The Morgan fingerprint density at radius 1 is 1.29 bits per heavy atom. The van der Waals surface area contributed by atoms with Gasteiger partial charge in [0.2, 0.25) is 0 Å². The molecule has 4 nitrogen and oxygen atoms in total. The van der Waals surface area contributed by atoms with E-state index in [1.54, 1.807) is 6.07 Å². The minimum Gasteiger partial charge on any atom is -0.383 e. The van der Waals surface area contributed by atoms with Crippen LogP contribution >= 0.6 is 0 Å². The van der Waals surface area contributed by atoms with Crippen molar-refractivity contribution in [2.24, 2.45) is 5.92 Å². The Morgan fingerprint density at radius 3 is 2.81 bits per heavy atom. The average molecular weight is 285 g/mol. The lowest BCUT2D eigenvalue weighted by Crippen LogP contribution is -2.25. The van der Waals surface area contributed by atoms with E-state index in [9.17, 15) is 4.79 Å². The zero-order valence-corrected chi connectivity index (χ0v) is 12.7. The number of unbranched alkanes of at least 4 members (excludes halogenated alkanes) is 1. The van der Waals surface area contributed by atoms with E-state index in [1.807, 2.05) is 24.3 Å². The molecule has 1 aromatic carbocycles. The summed E-state index contributed by atoms with van der Waals surface area (Å²) in [5.74, 6) is 0.956. The Hall–Kier alpha value is -2.10. The highest BCUT2D eigenvalue weighted by molar-refractivity contribution is 5.99. The fraction of sp³-hybridized carbons (Fsp3) is 0.412. The molecule has 4 heteroatoms. The van der Waals surface area contributed by atoms with Gasteiger partial charge in [-0.05, 0) is 23.8 Å². The van der Waals surface area contributed by atoms with Crippen molar-refractivity contribution < 1.29 is 4.79 Å². The summed E-state index contributed by atoms with van der Waals surface area (Å²) in [6.45, 7) is 5.10. The Balaban J connectivity index is 1.96. The molecule has 112 valence electrons. The smallest absolute Gasteiger partial charge is 0.269 e. The summed E-state index contributed by atoms with van der Waals surface area (Å²) in [5, 5.41) is 4.73. The van der Waals surface area contributed by atoms with Crippen molar-refractivity contribution in [3.63, 3.8) is 0 Å². The normalized spacial score (nSPS) is 11.0. The fourth-order valence-electron chi connectivity index (χ4n) is 2.31. The number of rotatable bonds is 6. The third-order valence-corrected chi connectivity index (χ3v) is 3.50. The third kappa shape index (κ3) is 4.18. The standard InChI is InChI=1S/C17H23N3O/c1-12(2)7-5-6-10-19-17(21)15-11-13-8-3-4-9-14(13)16(18)20-15/h3-4,8-9,11-12H,5-7,10H2,1-2H3,(H2,18,20)(H,19,21). The number of hydrogen-bond acceptors (Lipinski definition) is 3. The van der Waals surface area contributed by atoms with Gasteiger partial charge in [-0.15, -0.1) is 0 Å². The number of aromatic nitrogens is 1. The molecule has 0 fully saturated rings. The van der Waals surface area contributed by atoms with Crippen LogP contribution in [0.25, 0.3) is 10.8 Å². The van der Waals surface area contributed by atoms with Crippen molar-refractivity contribution in [2.45, 2.75) is 33.1 Å². The second-order valence-electron chi connectivity index (χ2n) is 5.76. The van der Waals surface area contributed by atoms with Crippen LogP contribution in [0.4, 0.5) is 5.82 Å². The topological polar surface area (TPSA) is 68.0 Å². The van der Waals surface area contributed by atoms with Crippen molar-refractivity contribution in [1.82, 2.24) is 10.3 Å². The first-order chi connectivity index (χ1) is 10.1. The summed E-state index contributed by atoms with van der Waals surface area (Å²) in [6.07, 6.45) is 3.31. The molecule has 0 saturated heterocycles. The molecule has 0 aliphatic rings. The number of carbonyl (C=O) groups is 1. The summed E-state index contributed by atoms with van der Waals surface area (Å²) >= 11 is 0. The molecule has 1 aromatic heterocycles. The lowest BCUT2D eigenvalue weighted by molar-refractivity contribution is 0.0948. The lowest BCUT2D eigenvalue weighted by atomic mass is 10.1. The molecule has 0 spiro atoms. The molecular formula is C17H23N3O. The number of anilines is 1. The van der Waals surface area contributed by atoms with Crippen molar-refractivity contribution >= 4 is 22.5 Å². The van der Waals surface area contributed by atoms with Crippen LogP contribution < -0.4 is 11.1 Å². The number of nitrogens with zero attached hydrogens (tertiary/aromatic N) is 1. The van der Waals surface area contributed by atoms with Gasteiger partial charge in [0.25, 0.3) is 5.91 Å². The third-order valence-electron chi connectivity index (χ3n) is 3.50. The zero-order chi connectivity index (χ0) is 15.2. The quantitative estimate of drug-likeness (QED) is 0.799. The van der Waals surface area contributed by atoms with Gasteiger partial charge in [0.15, 0.2) is 0 Å². The minimum absolute atomic E-state index is 0.156. The second kappa shape index (κ2) is 7.07. The molecule has 0 atom stereocenters. The van der Waals surface area contributed by atoms with E-state index in [0.29, 0.717) is 24.0 Å². The number of nitrogens with one attached hydrogen (secondary N) is 1. The van der Waals surface area contributed by atoms with E-state index >= 15 is 0 Å². The Bertz CT molecular complexity index is 622. The van der Waals surface area contributed by atoms with Gasteiger partial charge in [-0.1, -0.05) is 51.0 Å². The van der Waals surface area contributed by atoms with E-state index < -0.39 is 0 Å². The summed E-state index contributed by atoms with van der Waals surface area (Å²) in [5.41, 5.74) is 6.30. The maximum Gasteiger partial charge on any atom is 0.269 e. The molecule has 0 aliphatic heterocycles. The highest BCUT2D eigenvalue weighted by Gasteiger charge is 2.10. The minimum atomic E-state index is -0.156. The van der Waals surface area contributed by atoms with Crippen LogP contribution in [0.3, 0.4) is 0 Å². The van der Waals surface area contributed by atoms with E-state index in [0.717, 1.165) is 23.6 Å². The number of nitrogen functional groups attached to an aromatic ring is 1. The predicted molar refractivity (Wildman–Crippen MR) is 87.2 cm³/mol. The fourth-order valence-corrected chi connectivity index (χ4v) is 2.31. The first kappa shape index (κ1) is 15.3. The number of hydrogen-bond donors (Lipinski definition) is 2. The molecule has 2 aromatic rings. The maximum atomic E-state index is 12.1. The van der Waals surface area contributed by atoms with Crippen molar-refractivity contribution in [1.29, 1.82) is 0 Å². The molecule has 0 bridgehead atoms. The first-order valence-electron chi connectivity index (χ1n) is 7.51. The number of fused-ring (bicyclic) bond motifs is 1. The molecule has 2 rings (SSSR count). The lowest BCUT2D eigenvalue weighted by Gasteiger charge is -2.08. The number of pyridine rings is 1. The van der Waals surface area contributed by atoms with E-state index in [2.05, 4.69) is 24.1 Å². The zero-order valence-electron chi connectivity index (χ0n) is 12.7. The molecule has 1 amide bonds. The molecule has 1 heterocycles. The van der Waals surface area contributed by atoms with Gasteiger partial charge in [-0.3, -0.25) is 4.79 Å². The van der Waals surface area contributed by atoms with E-state index in [4.69, 9.17) is 5.73 Å². The van der Waals surface area contributed by atoms with Crippen LogP contribution in [-0.2, 0) is 0 Å². The van der Waals surface area contributed by atoms with Gasteiger partial charge in [-0.25, -0.2) is 4.98 Å². The SMILES string of the molecule is CC(C)CCCCNC(=O)c1cc2ccccc2c(N)n1. The van der Waals surface area contributed by atoms with Crippen LogP contribution in [0, 0.1) is 5.92 Å². The van der Waals surface area contributed by atoms with Gasteiger partial charge in [0.1, 0.15) is 11.5 Å². The summed E-state index contributed by atoms with van der Waals surface area (Å²) in [4.78, 5) is 16.3. The van der Waals surface area contributed by atoms with Gasteiger partial charge in [0.05, 0.1) is 0 Å². The summed E-state index contributed by atoms with van der Waals surface area (Å²) in [6, 6.07) is 9.47. The van der Waals surface area contributed by atoms with Gasteiger partial charge in [0, 0.05) is 11.9 Å². The van der Waals surface area contributed by atoms with Crippen molar-refractivity contribution in [3.05, 3.63) is 36.0 Å². The number of carbonyl (C=O) groups excluding carboxylic acids is 1. The Kier molecular flexibility index (Phi) is 5.14. The molecule has 3 N–H and O–H groups in total. The molecule has 21 heavy (non-hydrogen) atoms. The Labute approximate surface area is 125 Å². The maximum absolute atomic E-state index is 12.1. The highest BCUT2D eigenvalue weighted by atomic mass is 16.1. The molecule has 0 unspecified atom stereocenters. The number of nitrogens with two attached hydrogens (primary N) is 1. The van der Waals surface area contributed by atoms with Crippen molar-refractivity contribution in [2.75, 3.05) is 12.3 Å². The van der Waals surface area contributed by atoms with Gasteiger partial charge < -0.3 is 11.1 Å². The molecule has 0 radical (unpaired) electrons. The molecular weight excluding hydrogens is 262 g/mol. The van der Waals surface area contributed by atoms with Gasteiger partial charge in [-0.2, -0.15) is 0 Å². The molecule has 0 aliphatic carbocycles. The van der Waals surface area contributed by atoms with Crippen LogP contribution in [0.5, 0.6) is 0 Å². The number of amides is 1. The summed E-state index contributed by atoms with van der Waals surface area (Å²) < 4.78 is 0. The second-order valence-corrected chi connectivity index (χ2v) is 5.76. The van der Waals surface area contributed by atoms with Crippen LogP contribution in [0.15, 0.2) is 30.3 Å². The average Bonchev–Trinajstić information content (AvgIpc) is 2.46. The van der Waals surface area contributed by atoms with Crippen LogP contribution in [-0.4, -0.2) is 17.4 Å². The monoisotopic (exact) mass is 285 g/mol. The van der Waals surface area contributed by atoms with Crippen LogP contribution in [0.2, 0.25) is 0 Å². The summed E-state index contributed by atoms with van der Waals surface area (Å²) in [7, 11) is 0. The highest BCUT2D eigenvalue weighted by Crippen LogP contribution is 2.19. The first-order valence-corrected chi connectivity index (χ1v) is 7.51. The van der Waals surface area contributed by atoms with Crippen LogP contribution in [0.1, 0.15) is 43.6 Å². The Morgan fingerprint density at radius 2 is 2.05 bits per heavy atom. The predicted octanol–water partition coefficient (Wildman–Crippen LogP) is 3.37. The van der Waals surface area contributed by atoms with Gasteiger partial charge >= 0.3 is 0 Å². The van der Waals surface area contributed by atoms with Crippen molar-refractivity contribution in [3.8, 4) is 0 Å². The van der Waals surface area contributed by atoms with E-state index in [-0.39, 0.29) is 5.91 Å². The largest absolute Gasteiger partial charge is 0.383 e.